The van der Waals surface area contributed by atoms with Gasteiger partial charge in [0, 0.05) is 31.3 Å². The molecule has 2 aromatic heterocycles. The molecule has 0 spiro atoms. The van der Waals surface area contributed by atoms with Crippen LogP contribution in [0.1, 0.15) is 65.5 Å². The number of carbonyl (C=O) groups is 2. The molecule has 0 aliphatic rings. The molecule has 12 nitrogen and oxygen atoms in total. The first-order valence-electron chi connectivity index (χ1n) is 17.6. The smallest absolute Gasteiger partial charge is 0.475 e. The van der Waals surface area contributed by atoms with Crippen molar-refractivity contribution >= 4 is 12.1 Å². The Hall–Kier alpha value is -5.57. The highest BCUT2D eigenvalue weighted by Crippen LogP contribution is 2.25. The SMILES string of the molecule is CC(C)Oc1ccc(Oc2ccc(CCC(C)N(C)C(=O)O)cc2)cn1.CC(N)CCc1ccc(Oc2ccc(OC(C)C)nc2)cc1.O=C(O)C(F)(F)F. The molecule has 2 atom stereocenters. The summed E-state index contributed by atoms with van der Waals surface area (Å²) in [6, 6.07) is 23.3. The van der Waals surface area contributed by atoms with E-state index >= 15 is 0 Å². The van der Waals surface area contributed by atoms with Crippen LogP contribution >= 0.6 is 0 Å². The number of ether oxygens (including phenoxy) is 4. The van der Waals surface area contributed by atoms with E-state index in [-0.39, 0.29) is 24.3 Å². The van der Waals surface area contributed by atoms with Crippen molar-refractivity contribution in [2.75, 3.05) is 7.05 Å². The fourth-order valence-electron chi connectivity index (χ4n) is 4.35. The normalized spacial score (nSPS) is 11.9. The van der Waals surface area contributed by atoms with Gasteiger partial charge in [-0.15, -0.1) is 0 Å². The van der Waals surface area contributed by atoms with E-state index in [4.69, 9.17) is 39.7 Å². The van der Waals surface area contributed by atoms with Gasteiger partial charge in [0.25, 0.3) is 0 Å². The molecule has 0 aliphatic heterocycles. The van der Waals surface area contributed by atoms with E-state index in [1.165, 1.54) is 10.5 Å². The maximum Gasteiger partial charge on any atom is 0.490 e. The number of halogens is 3. The summed E-state index contributed by atoms with van der Waals surface area (Å²) in [7, 11) is 1.59. The standard InChI is InChI=1S/C20H26N2O4.C18H24N2O2.C2HF3O2/c1-14(2)25-19-12-11-18(13-21-19)26-17-9-7-16(8-10-17)6-5-15(3)22(4)20(23)24;1-13(2)21-18-11-10-17(12-20-18)22-16-8-6-15(7-9-16)5-4-14(3)19;3-2(4,5)1(6)7/h7-15H,5-6H2,1-4H3,(H,23,24);6-14H,4-5,19H2,1-3H3;(H,6,7). The number of aromatic nitrogens is 2. The molecule has 4 aromatic rings. The lowest BCUT2D eigenvalue weighted by Gasteiger charge is -2.21. The van der Waals surface area contributed by atoms with Crippen LogP contribution in [0.2, 0.25) is 0 Å². The molecule has 0 bridgehead atoms. The van der Waals surface area contributed by atoms with Gasteiger partial charge in [0.05, 0.1) is 24.6 Å². The van der Waals surface area contributed by atoms with Gasteiger partial charge in [-0.05, 0) is 115 Å². The zero-order valence-electron chi connectivity index (χ0n) is 32.1. The molecule has 300 valence electrons. The topological polar surface area (TPSA) is 167 Å². The van der Waals surface area contributed by atoms with Crippen LogP contribution < -0.4 is 24.7 Å². The van der Waals surface area contributed by atoms with Gasteiger partial charge < -0.3 is 39.8 Å². The van der Waals surface area contributed by atoms with Gasteiger partial charge in [0.1, 0.15) is 23.0 Å². The molecule has 1 amide bonds. The maximum absolute atomic E-state index is 10.9. The number of amides is 1. The van der Waals surface area contributed by atoms with Gasteiger partial charge in [-0.3, -0.25) is 0 Å². The quantitative estimate of drug-likeness (QED) is 0.105. The Bertz CT molecular complexity index is 1700. The van der Waals surface area contributed by atoms with Crippen LogP contribution in [-0.2, 0) is 17.6 Å². The molecule has 2 unspecified atom stereocenters. The molecule has 15 heteroatoms. The molecule has 0 radical (unpaired) electrons. The number of hydrogen-bond donors (Lipinski definition) is 3. The Morgan fingerprint density at radius 3 is 1.33 bits per heavy atom. The molecule has 0 fully saturated rings. The van der Waals surface area contributed by atoms with Gasteiger partial charge >= 0.3 is 18.2 Å². The van der Waals surface area contributed by atoms with Crippen molar-refractivity contribution in [2.24, 2.45) is 5.73 Å². The lowest BCUT2D eigenvalue weighted by Crippen LogP contribution is -2.34. The second kappa shape index (κ2) is 22.6. The van der Waals surface area contributed by atoms with Gasteiger partial charge in [0.15, 0.2) is 0 Å². The van der Waals surface area contributed by atoms with Crippen LogP contribution in [0.5, 0.6) is 34.8 Å². The van der Waals surface area contributed by atoms with E-state index in [9.17, 15) is 18.0 Å². The number of benzene rings is 2. The summed E-state index contributed by atoms with van der Waals surface area (Å²) < 4.78 is 54.3. The lowest BCUT2D eigenvalue weighted by atomic mass is 10.1. The predicted molar refractivity (Wildman–Crippen MR) is 202 cm³/mol. The van der Waals surface area contributed by atoms with Gasteiger partial charge in [-0.25, -0.2) is 19.6 Å². The van der Waals surface area contributed by atoms with Crippen LogP contribution in [0.15, 0.2) is 85.2 Å². The number of aliphatic carboxylic acids is 1. The van der Waals surface area contributed by atoms with Crippen LogP contribution in [0.3, 0.4) is 0 Å². The van der Waals surface area contributed by atoms with E-state index in [0.29, 0.717) is 23.3 Å². The monoisotopic (exact) mass is 772 g/mol. The first kappa shape index (κ1) is 45.6. The first-order valence-corrected chi connectivity index (χ1v) is 17.6. The van der Waals surface area contributed by atoms with Crippen LogP contribution in [0.4, 0.5) is 18.0 Å². The Morgan fingerprint density at radius 2 is 1.04 bits per heavy atom. The van der Waals surface area contributed by atoms with Gasteiger partial charge in [-0.1, -0.05) is 24.3 Å². The van der Waals surface area contributed by atoms with Crippen molar-refractivity contribution in [3.8, 4) is 34.8 Å². The van der Waals surface area contributed by atoms with E-state index in [1.807, 2.05) is 96.1 Å². The first-order chi connectivity index (χ1) is 25.8. The average molecular weight is 773 g/mol. The highest BCUT2D eigenvalue weighted by Gasteiger charge is 2.38. The Labute approximate surface area is 320 Å². The second-order valence-corrected chi connectivity index (χ2v) is 13.1. The van der Waals surface area contributed by atoms with Crippen molar-refractivity contribution in [3.63, 3.8) is 0 Å². The molecule has 0 saturated heterocycles. The Kier molecular flexibility index (Phi) is 18.7. The Morgan fingerprint density at radius 1 is 0.673 bits per heavy atom. The van der Waals surface area contributed by atoms with Crippen molar-refractivity contribution in [2.45, 2.75) is 97.7 Å². The largest absolute Gasteiger partial charge is 0.490 e. The summed E-state index contributed by atoms with van der Waals surface area (Å²) in [5.74, 6) is 1.28. The number of hydrogen-bond acceptors (Lipinski definition) is 9. The molecular formula is C40H51F3N4O8. The summed E-state index contributed by atoms with van der Waals surface area (Å²) in [6.07, 6.45) is 1.06. The summed E-state index contributed by atoms with van der Waals surface area (Å²) >= 11 is 0. The number of rotatable bonds is 15. The number of alkyl halides is 3. The predicted octanol–water partition coefficient (Wildman–Crippen LogP) is 9.17. The number of pyridine rings is 2. The van der Waals surface area contributed by atoms with Crippen molar-refractivity contribution in [1.29, 1.82) is 0 Å². The molecule has 0 aliphatic carbocycles. The van der Waals surface area contributed by atoms with E-state index in [1.54, 1.807) is 25.5 Å². The van der Waals surface area contributed by atoms with Crippen LogP contribution in [0.25, 0.3) is 0 Å². The second-order valence-electron chi connectivity index (χ2n) is 13.1. The minimum absolute atomic E-state index is 0.0268. The molecular weight excluding hydrogens is 721 g/mol. The number of carboxylic acids is 1. The third-order valence-electron chi connectivity index (χ3n) is 7.39. The van der Waals surface area contributed by atoms with Crippen molar-refractivity contribution in [1.82, 2.24) is 14.9 Å². The van der Waals surface area contributed by atoms with Crippen molar-refractivity contribution < 1.29 is 51.9 Å². The van der Waals surface area contributed by atoms with Gasteiger partial charge in [-0.2, -0.15) is 13.2 Å². The van der Waals surface area contributed by atoms with E-state index < -0.39 is 18.2 Å². The van der Waals surface area contributed by atoms with Crippen LogP contribution in [-0.4, -0.2) is 74.7 Å². The zero-order valence-corrected chi connectivity index (χ0v) is 32.1. The zero-order chi connectivity index (χ0) is 41.1. The van der Waals surface area contributed by atoms with E-state index in [2.05, 4.69) is 22.1 Å². The summed E-state index contributed by atoms with van der Waals surface area (Å²) in [4.78, 5) is 29.6. The minimum Gasteiger partial charge on any atom is -0.475 e. The lowest BCUT2D eigenvalue weighted by molar-refractivity contribution is -0.192. The molecule has 2 aromatic carbocycles. The summed E-state index contributed by atoms with van der Waals surface area (Å²) in [5.41, 5.74) is 8.18. The highest BCUT2D eigenvalue weighted by molar-refractivity contribution is 5.73. The third kappa shape index (κ3) is 18.8. The third-order valence-corrected chi connectivity index (χ3v) is 7.39. The number of nitrogens with two attached hydrogens (primary N) is 1. The van der Waals surface area contributed by atoms with Gasteiger partial charge in [0.2, 0.25) is 11.8 Å². The molecule has 2 heterocycles. The maximum atomic E-state index is 10.9. The Balaban J connectivity index is 0.000000327. The number of aryl methyl sites for hydroxylation is 2. The van der Waals surface area contributed by atoms with Crippen LogP contribution in [0, 0.1) is 0 Å². The highest BCUT2D eigenvalue weighted by atomic mass is 19.4. The average Bonchev–Trinajstić information content (AvgIpc) is 3.12. The summed E-state index contributed by atoms with van der Waals surface area (Å²) in [5, 5.41) is 16.1. The molecule has 55 heavy (non-hydrogen) atoms. The summed E-state index contributed by atoms with van der Waals surface area (Å²) in [6.45, 7) is 11.8. The fraction of sp³-hybridized carbons (Fsp3) is 0.400. The number of nitrogens with zero attached hydrogens (tertiary/aromatic N) is 3. The fourth-order valence-corrected chi connectivity index (χ4v) is 4.35. The minimum atomic E-state index is -5.08. The van der Waals surface area contributed by atoms with Crippen molar-refractivity contribution in [3.05, 3.63) is 96.3 Å². The number of carboxylic acid groups (broad SMARTS) is 2. The van der Waals surface area contributed by atoms with E-state index in [0.717, 1.165) is 42.7 Å². The molecule has 4 N–H and O–H groups in total. The molecule has 0 saturated carbocycles. The molecule has 4 rings (SSSR count).